The molecule has 0 N–H and O–H groups in total. The van der Waals surface area contributed by atoms with E-state index in [1.54, 1.807) is 37.6 Å². The lowest BCUT2D eigenvalue weighted by Gasteiger charge is -2.06. The van der Waals surface area contributed by atoms with Gasteiger partial charge in [-0.15, -0.1) is 10.2 Å². The predicted octanol–water partition coefficient (Wildman–Crippen LogP) is 3.54. The van der Waals surface area contributed by atoms with Gasteiger partial charge in [-0.05, 0) is 43.3 Å². The normalized spacial score (nSPS) is 10.8. The Morgan fingerprint density at radius 3 is 2.67 bits per heavy atom. The Morgan fingerprint density at radius 1 is 1.25 bits per heavy atom. The van der Waals surface area contributed by atoms with Crippen molar-refractivity contribution in [2.45, 2.75) is 18.6 Å². The van der Waals surface area contributed by atoms with Crippen LogP contribution in [-0.2, 0) is 6.54 Å². The van der Waals surface area contributed by atoms with E-state index < -0.39 is 0 Å². The van der Waals surface area contributed by atoms with Crippen molar-refractivity contribution < 1.29 is 13.9 Å². The Labute approximate surface area is 143 Å². The summed E-state index contributed by atoms with van der Waals surface area (Å²) in [6.07, 6.45) is 1.60. The van der Waals surface area contributed by atoms with Crippen molar-refractivity contribution in [2.75, 3.05) is 12.9 Å². The number of hydrogen-bond donors (Lipinski definition) is 0. The number of benzene rings is 1. The number of rotatable bonds is 7. The van der Waals surface area contributed by atoms with E-state index in [2.05, 4.69) is 10.2 Å². The maximum atomic E-state index is 12.3. The van der Waals surface area contributed by atoms with Crippen molar-refractivity contribution in [3.8, 4) is 17.3 Å². The smallest absolute Gasteiger partial charge is 0.200 e. The summed E-state index contributed by atoms with van der Waals surface area (Å²) in [5.41, 5.74) is 0.650. The molecule has 1 aromatic carbocycles. The van der Waals surface area contributed by atoms with E-state index in [9.17, 15) is 4.79 Å². The lowest BCUT2D eigenvalue weighted by molar-refractivity contribution is 0.102. The van der Waals surface area contributed by atoms with E-state index >= 15 is 0 Å². The van der Waals surface area contributed by atoms with Crippen molar-refractivity contribution in [3.05, 3.63) is 48.2 Å². The predicted molar refractivity (Wildman–Crippen MR) is 91.4 cm³/mol. The van der Waals surface area contributed by atoms with Gasteiger partial charge in [-0.2, -0.15) is 0 Å². The molecule has 0 unspecified atom stereocenters. The number of aromatic nitrogens is 3. The molecule has 0 spiro atoms. The molecular weight excluding hydrogens is 326 g/mol. The third kappa shape index (κ3) is 3.35. The first kappa shape index (κ1) is 16.3. The second kappa shape index (κ2) is 7.35. The molecule has 0 atom stereocenters. The minimum Gasteiger partial charge on any atom is -0.497 e. The number of Topliss-reactive ketones (excluding diaryl/α,β-unsaturated/α-hetero) is 1. The van der Waals surface area contributed by atoms with Gasteiger partial charge in [0.05, 0.1) is 19.1 Å². The molecule has 6 nitrogen and oxygen atoms in total. The third-order valence-corrected chi connectivity index (χ3v) is 4.49. The van der Waals surface area contributed by atoms with Gasteiger partial charge in [0.2, 0.25) is 0 Å². The second-order valence-corrected chi connectivity index (χ2v) is 5.91. The molecule has 0 radical (unpaired) electrons. The van der Waals surface area contributed by atoms with Gasteiger partial charge in [0, 0.05) is 12.1 Å². The average Bonchev–Trinajstić information content (AvgIpc) is 3.28. The van der Waals surface area contributed by atoms with Gasteiger partial charge in [-0.1, -0.05) is 11.8 Å². The van der Waals surface area contributed by atoms with Crippen molar-refractivity contribution in [1.82, 2.24) is 14.8 Å². The number of thioether (sulfide) groups is 1. The highest BCUT2D eigenvalue weighted by atomic mass is 32.2. The highest BCUT2D eigenvalue weighted by Gasteiger charge is 2.16. The number of ketones is 1. The number of ether oxygens (including phenoxy) is 1. The zero-order valence-electron chi connectivity index (χ0n) is 13.4. The summed E-state index contributed by atoms with van der Waals surface area (Å²) in [6.45, 7) is 2.70. The molecule has 0 aliphatic heterocycles. The largest absolute Gasteiger partial charge is 0.497 e. The number of hydrogen-bond acceptors (Lipinski definition) is 6. The summed E-state index contributed by atoms with van der Waals surface area (Å²) < 4.78 is 12.4. The van der Waals surface area contributed by atoms with Crippen LogP contribution in [0.4, 0.5) is 0 Å². The zero-order chi connectivity index (χ0) is 16.9. The van der Waals surface area contributed by atoms with Crippen LogP contribution in [-0.4, -0.2) is 33.4 Å². The summed E-state index contributed by atoms with van der Waals surface area (Å²) >= 11 is 1.37. The van der Waals surface area contributed by atoms with Crippen LogP contribution < -0.4 is 4.74 Å². The van der Waals surface area contributed by atoms with Crippen LogP contribution in [0.1, 0.15) is 17.3 Å². The first-order valence-corrected chi connectivity index (χ1v) is 8.48. The molecule has 0 aliphatic rings. The number of methoxy groups -OCH3 is 1. The summed E-state index contributed by atoms with van der Waals surface area (Å²) in [6, 6.07) is 10.7. The highest BCUT2D eigenvalue weighted by Crippen LogP contribution is 2.25. The third-order valence-electron chi connectivity index (χ3n) is 3.52. The Morgan fingerprint density at radius 2 is 2.04 bits per heavy atom. The molecule has 2 aromatic heterocycles. The van der Waals surface area contributed by atoms with Crippen molar-refractivity contribution in [2.24, 2.45) is 0 Å². The SMILES string of the molecule is CCn1c(SCC(=O)c2ccc(OC)cc2)nnc1-c1ccco1. The van der Waals surface area contributed by atoms with Gasteiger partial charge >= 0.3 is 0 Å². The first-order chi connectivity index (χ1) is 11.7. The molecule has 2 heterocycles. The first-order valence-electron chi connectivity index (χ1n) is 7.50. The summed E-state index contributed by atoms with van der Waals surface area (Å²) in [5.74, 6) is 2.39. The van der Waals surface area contributed by atoms with Crippen molar-refractivity contribution in [3.63, 3.8) is 0 Å². The topological polar surface area (TPSA) is 70.2 Å². The fourth-order valence-corrected chi connectivity index (χ4v) is 3.16. The quantitative estimate of drug-likeness (QED) is 0.483. The maximum Gasteiger partial charge on any atom is 0.200 e. The monoisotopic (exact) mass is 343 g/mol. The average molecular weight is 343 g/mol. The van der Waals surface area contributed by atoms with Crippen LogP contribution >= 0.6 is 11.8 Å². The fourth-order valence-electron chi connectivity index (χ4n) is 2.26. The maximum absolute atomic E-state index is 12.3. The Kier molecular flexibility index (Phi) is 5.00. The van der Waals surface area contributed by atoms with Gasteiger partial charge in [-0.25, -0.2) is 0 Å². The van der Waals surface area contributed by atoms with Crippen LogP contribution in [0, 0.1) is 0 Å². The summed E-state index contributed by atoms with van der Waals surface area (Å²) in [4.78, 5) is 12.3. The molecule has 3 aromatic rings. The Bertz CT molecular complexity index is 810. The molecule has 24 heavy (non-hydrogen) atoms. The van der Waals surface area contributed by atoms with E-state index in [0.29, 0.717) is 34.6 Å². The second-order valence-electron chi connectivity index (χ2n) is 4.97. The van der Waals surface area contributed by atoms with Crippen LogP contribution in [0.5, 0.6) is 5.75 Å². The van der Waals surface area contributed by atoms with Crippen LogP contribution in [0.25, 0.3) is 11.6 Å². The molecule has 124 valence electrons. The lowest BCUT2D eigenvalue weighted by Crippen LogP contribution is -2.05. The molecule has 0 aliphatic carbocycles. The van der Waals surface area contributed by atoms with Gasteiger partial charge < -0.3 is 9.15 Å². The molecule has 7 heteroatoms. The summed E-state index contributed by atoms with van der Waals surface area (Å²) in [5, 5.41) is 9.05. The minimum absolute atomic E-state index is 0.0351. The number of carbonyl (C=O) groups is 1. The number of furan rings is 1. The van der Waals surface area contributed by atoms with Crippen LogP contribution in [0.2, 0.25) is 0 Å². The summed E-state index contributed by atoms with van der Waals surface area (Å²) in [7, 11) is 1.60. The lowest BCUT2D eigenvalue weighted by atomic mass is 10.1. The molecule has 0 fully saturated rings. The fraction of sp³-hybridized carbons (Fsp3) is 0.235. The minimum atomic E-state index is 0.0351. The van der Waals surface area contributed by atoms with E-state index in [0.717, 1.165) is 5.75 Å². The van der Waals surface area contributed by atoms with E-state index in [1.165, 1.54) is 11.8 Å². The molecule has 0 saturated heterocycles. The molecule has 0 amide bonds. The standard InChI is InChI=1S/C17H17N3O3S/c1-3-20-16(15-5-4-10-23-15)18-19-17(20)24-11-14(21)12-6-8-13(22-2)9-7-12/h4-10H,3,11H2,1-2H3. The highest BCUT2D eigenvalue weighted by molar-refractivity contribution is 7.99. The van der Waals surface area contributed by atoms with Crippen LogP contribution in [0.3, 0.4) is 0 Å². The number of carbonyl (C=O) groups excluding carboxylic acids is 1. The molecule has 0 saturated carbocycles. The Hall–Kier alpha value is -2.54. The molecule has 3 rings (SSSR count). The van der Waals surface area contributed by atoms with Gasteiger partial charge in [0.15, 0.2) is 22.5 Å². The van der Waals surface area contributed by atoms with Crippen LogP contribution in [0.15, 0.2) is 52.2 Å². The van der Waals surface area contributed by atoms with Gasteiger partial charge in [-0.3, -0.25) is 9.36 Å². The van der Waals surface area contributed by atoms with E-state index in [1.807, 2.05) is 23.6 Å². The molecule has 0 bridgehead atoms. The van der Waals surface area contributed by atoms with Gasteiger partial charge in [0.1, 0.15) is 5.75 Å². The van der Waals surface area contributed by atoms with Gasteiger partial charge in [0.25, 0.3) is 0 Å². The van der Waals surface area contributed by atoms with Crippen molar-refractivity contribution in [1.29, 1.82) is 0 Å². The molecular formula is C17H17N3O3S. The van der Waals surface area contributed by atoms with E-state index in [4.69, 9.17) is 9.15 Å². The van der Waals surface area contributed by atoms with E-state index in [-0.39, 0.29) is 5.78 Å². The Balaban J connectivity index is 1.71. The van der Waals surface area contributed by atoms with Crippen molar-refractivity contribution >= 4 is 17.5 Å². The number of nitrogens with zero attached hydrogens (tertiary/aromatic N) is 3. The zero-order valence-corrected chi connectivity index (χ0v) is 14.2.